The Bertz CT molecular complexity index is 446. The normalized spacial score (nSPS) is 24.1. The molecule has 0 radical (unpaired) electrons. The fourth-order valence-electron chi connectivity index (χ4n) is 2.99. The third kappa shape index (κ3) is 3.57. The average Bonchev–Trinajstić information content (AvgIpc) is 2.47. The van der Waals surface area contributed by atoms with Gasteiger partial charge in [-0.15, -0.1) is 0 Å². The highest BCUT2D eigenvalue weighted by atomic mass is 19.1. The molecule has 110 valence electrons. The van der Waals surface area contributed by atoms with Gasteiger partial charge in [-0.2, -0.15) is 0 Å². The van der Waals surface area contributed by atoms with Crippen LogP contribution in [0.5, 0.6) is 0 Å². The van der Waals surface area contributed by atoms with E-state index < -0.39 is 0 Å². The first-order chi connectivity index (χ1) is 9.61. The summed E-state index contributed by atoms with van der Waals surface area (Å²) in [6.07, 6.45) is 4.22. The molecule has 3 nitrogen and oxygen atoms in total. The van der Waals surface area contributed by atoms with Gasteiger partial charge in [0.25, 0.3) is 0 Å². The van der Waals surface area contributed by atoms with Gasteiger partial charge >= 0.3 is 0 Å². The van der Waals surface area contributed by atoms with E-state index in [0.29, 0.717) is 12.5 Å². The number of rotatable bonds is 4. The van der Waals surface area contributed by atoms with E-state index >= 15 is 0 Å². The summed E-state index contributed by atoms with van der Waals surface area (Å²) in [5, 5.41) is 3.03. The van der Waals surface area contributed by atoms with E-state index in [0.717, 1.165) is 24.8 Å². The smallest absolute Gasteiger partial charge is 0.223 e. The summed E-state index contributed by atoms with van der Waals surface area (Å²) < 4.78 is 12.9. The molecule has 0 aliphatic heterocycles. The molecule has 1 aliphatic rings. The molecular weight excluding hydrogens is 255 g/mol. The largest absolute Gasteiger partial charge is 0.349 e. The third-order valence-electron chi connectivity index (χ3n) is 4.28. The molecule has 2 unspecified atom stereocenters. The fourth-order valence-corrected chi connectivity index (χ4v) is 2.99. The molecule has 4 heteroatoms. The quantitative estimate of drug-likeness (QED) is 0.889. The van der Waals surface area contributed by atoms with Gasteiger partial charge in [-0.1, -0.05) is 25.0 Å². The Morgan fingerprint density at radius 1 is 1.35 bits per heavy atom. The second kappa shape index (κ2) is 6.84. The SMILES string of the molecule is C[C@@H](NC(=O)C1CCCCC1CN)c1ccc(F)cc1. The monoisotopic (exact) mass is 278 g/mol. The van der Waals surface area contributed by atoms with Gasteiger partial charge in [0.15, 0.2) is 0 Å². The van der Waals surface area contributed by atoms with Crippen LogP contribution in [0.2, 0.25) is 0 Å². The first kappa shape index (κ1) is 15.0. The maximum atomic E-state index is 12.9. The van der Waals surface area contributed by atoms with Crippen LogP contribution in [-0.2, 0) is 4.79 Å². The van der Waals surface area contributed by atoms with E-state index in [2.05, 4.69) is 5.32 Å². The summed E-state index contributed by atoms with van der Waals surface area (Å²) in [7, 11) is 0. The molecule has 3 atom stereocenters. The Labute approximate surface area is 119 Å². The van der Waals surface area contributed by atoms with Crippen molar-refractivity contribution in [3.8, 4) is 0 Å². The lowest BCUT2D eigenvalue weighted by molar-refractivity contribution is -0.128. The van der Waals surface area contributed by atoms with Gasteiger partial charge in [0.2, 0.25) is 5.91 Å². The number of nitrogens with two attached hydrogens (primary N) is 1. The summed E-state index contributed by atoms with van der Waals surface area (Å²) in [5.74, 6) is 0.139. The molecule has 1 saturated carbocycles. The first-order valence-electron chi connectivity index (χ1n) is 7.37. The van der Waals surface area contributed by atoms with Crippen LogP contribution in [0.4, 0.5) is 4.39 Å². The minimum Gasteiger partial charge on any atom is -0.349 e. The van der Waals surface area contributed by atoms with Crippen molar-refractivity contribution in [1.82, 2.24) is 5.32 Å². The van der Waals surface area contributed by atoms with Crippen molar-refractivity contribution in [2.24, 2.45) is 17.6 Å². The van der Waals surface area contributed by atoms with Crippen LogP contribution in [0.15, 0.2) is 24.3 Å². The number of halogens is 1. The molecule has 1 aromatic carbocycles. The van der Waals surface area contributed by atoms with Gasteiger partial charge in [0.1, 0.15) is 5.82 Å². The lowest BCUT2D eigenvalue weighted by Gasteiger charge is -2.30. The number of carbonyl (C=O) groups excluding carboxylic acids is 1. The molecule has 0 aromatic heterocycles. The Morgan fingerprint density at radius 3 is 2.65 bits per heavy atom. The van der Waals surface area contributed by atoms with Crippen LogP contribution < -0.4 is 11.1 Å². The van der Waals surface area contributed by atoms with Gasteiger partial charge in [0.05, 0.1) is 6.04 Å². The van der Waals surface area contributed by atoms with Crippen LogP contribution in [0.3, 0.4) is 0 Å². The fraction of sp³-hybridized carbons (Fsp3) is 0.562. The number of carbonyl (C=O) groups is 1. The molecule has 1 fully saturated rings. The first-order valence-corrected chi connectivity index (χ1v) is 7.37. The van der Waals surface area contributed by atoms with Crippen molar-refractivity contribution in [2.45, 2.75) is 38.6 Å². The topological polar surface area (TPSA) is 55.1 Å². The van der Waals surface area contributed by atoms with Gasteiger partial charge in [-0.05, 0) is 49.9 Å². The molecule has 1 aromatic rings. The predicted molar refractivity (Wildman–Crippen MR) is 77.5 cm³/mol. The van der Waals surface area contributed by atoms with E-state index in [-0.39, 0.29) is 23.7 Å². The highest BCUT2D eigenvalue weighted by Crippen LogP contribution is 2.30. The van der Waals surface area contributed by atoms with Crippen molar-refractivity contribution in [3.05, 3.63) is 35.6 Å². The zero-order chi connectivity index (χ0) is 14.5. The van der Waals surface area contributed by atoms with E-state index in [1.807, 2.05) is 6.92 Å². The van der Waals surface area contributed by atoms with E-state index in [1.165, 1.54) is 18.6 Å². The number of amides is 1. The average molecular weight is 278 g/mol. The Hall–Kier alpha value is -1.42. The van der Waals surface area contributed by atoms with E-state index in [9.17, 15) is 9.18 Å². The third-order valence-corrected chi connectivity index (χ3v) is 4.28. The maximum Gasteiger partial charge on any atom is 0.223 e. The van der Waals surface area contributed by atoms with Gasteiger partial charge < -0.3 is 11.1 Å². The Morgan fingerprint density at radius 2 is 2.00 bits per heavy atom. The summed E-state index contributed by atoms with van der Waals surface area (Å²) in [4.78, 5) is 12.4. The molecule has 1 amide bonds. The van der Waals surface area contributed by atoms with Crippen molar-refractivity contribution in [1.29, 1.82) is 0 Å². The van der Waals surface area contributed by atoms with E-state index in [4.69, 9.17) is 5.73 Å². The predicted octanol–water partition coefficient (Wildman–Crippen LogP) is 2.77. The van der Waals surface area contributed by atoms with Crippen molar-refractivity contribution < 1.29 is 9.18 Å². The minimum absolute atomic E-state index is 0.0247. The molecule has 0 bridgehead atoms. The second-order valence-corrected chi connectivity index (χ2v) is 5.67. The summed E-state index contributed by atoms with van der Waals surface area (Å²) in [5.41, 5.74) is 6.68. The molecule has 20 heavy (non-hydrogen) atoms. The highest BCUT2D eigenvalue weighted by molar-refractivity contribution is 5.79. The summed E-state index contributed by atoms with van der Waals surface area (Å²) >= 11 is 0. The van der Waals surface area contributed by atoms with E-state index in [1.54, 1.807) is 12.1 Å². The molecule has 0 spiro atoms. The Kier molecular flexibility index (Phi) is 5.12. The number of benzene rings is 1. The molecule has 0 heterocycles. The van der Waals surface area contributed by atoms with Crippen molar-refractivity contribution in [3.63, 3.8) is 0 Å². The zero-order valence-electron chi connectivity index (χ0n) is 11.9. The van der Waals surface area contributed by atoms with Crippen LogP contribution in [0, 0.1) is 17.7 Å². The van der Waals surface area contributed by atoms with Crippen LogP contribution in [0.1, 0.15) is 44.2 Å². The lowest BCUT2D eigenvalue weighted by Crippen LogP contribution is -2.40. The summed E-state index contributed by atoms with van der Waals surface area (Å²) in [6, 6.07) is 6.15. The lowest BCUT2D eigenvalue weighted by atomic mass is 9.78. The molecular formula is C16H23FN2O. The molecule has 3 N–H and O–H groups in total. The number of nitrogens with one attached hydrogen (secondary N) is 1. The maximum absolute atomic E-state index is 12.9. The Balaban J connectivity index is 1.97. The summed E-state index contributed by atoms with van der Waals surface area (Å²) in [6.45, 7) is 2.49. The molecule has 0 saturated heterocycles. The van der Waals surface area contributed by atoms with Gasteiger partial charge in [0, 0.05) is 5.92 Å². The molecule has 1 aliphatic carbocycles. The van der Waals surface area contributed by atoms with Crippen LogP contribution in [0.25, 0.3) is 0 Å². The van der Waals surface area contributed by atoms with Crippen molar-refractivity contribution in [2.75, 3.05) is 6.54 Å². The van der Waals surface area contributed by atoms with Crippen LogP contribution in [-0.4, -0.2) is 12.5 Å². The number of hydrogen-bond acceptors (Lipinski definition) is 2. The standard InChI is InChI=1S/C16H23FN2O/c1-11(12-6-8-14(17)9-7-12)19-16(20)15-5-3-2-4-13(15)10-18/h6-9,11,13,15H,2-5,10,18H2,1H3,(H,19,20)/t11-,13?,15?/m1/s1. The van der Waals surface area contributed by atoms with Gasteiger partial charge in [-0.3, -0.25) is 4.79 Å². The van der Waals surface area contributed by atoms with Crippen LogP contribution >= 0.6 is 0 Å². The second-order valence-electron chi connectivity index (χ2n) is 5.67. The minimum atomic E-state index is -0.261. The number of hydrogen-bond donors (Lipinski definition) is 2. The highest BCUT2D eigenvalue weighted by Gasteiger charge is 2.30. The van der Waals surface area contributed by atoms with Gasteiger partial charge in [-0.25, -0.2) is 4.39 Å². The molecule has 2 rings (SSSR count). The zero-order valence-corrected chi connectivity index (χ0v) is 11.9. The van der Waals surface area contributed by atoms with Crippen molar-refractivity contribution >= 4 is 5.91 Å².